The first kappa shape index (κ1) is 16.9. The molecule has 8 nitrogen and oxygen atoms in total. The summed E-state index contributed by atoms with van der Waals surface area (Å²) in [5.41, 5.74) is 9.83. The molecule has 0 radical (unpaired) electrons. The van der Waals surface area contributed by atoms with Crippen LogP contribution in [-0.4, -0.2) is 9.96 Å². The number of nitro benzene ring substituents is 1. The van der Waals surface area contributed by atoms with E-state index < -0.39 is 9.96 Å². The Hall–Kier alpha value is -3.94. The second-order valence-electron chi connectivity index (χ2n) is 5.50. The molecule has 0 saturated heterocycles. The zero-order valence-corrected chi connectivity index (χ0v) is 13.5. The Morgan fingerprint density at radius 3 is 2.04 bits per heavy atom. The lowest BCUT2D eigenvalue weighted by Gasteiger charge is -2.13. The summed E-state index contributed by atoms with van der Waals surface area (Å²) in [6.07, 6.45) is 0. The summed E-state index contributed by atoms with van der Waals surface area (Å²) in [6, 6.07) is 18.6. The van der Waals surface area contributed by atoms with E-state index >= 15 is 0 Å². The molecule has 0 fully saturated rings. The topological polar surface area (TPSA) is 124 Å². The van der Waals surface area contributed by atoms with Crippen molar-refractivity contribution in [3.05, 3.63) is 87.0 Å². The van der Waals surface area contributed by atoms with E-state index in [1.165, 1.54) is 6.07 Å². The Kier molecular flexibility index (Phi) is 4.48. The van der Waals surface area contributed by atoms with Gasteiger partial charge in [0.2, 0.25) is 0 Å². The first-order valence-electron chi connectivity index (χ1n) is 7.61. The van der Waals surface area contributed by atoms with Crippen molar-refractivity contribution in [3.8, 4) is 22.3 Å². The van der Waals surface area contributed by atoms with Crippen LogP contribution in [0.25, 0.3) is 22.3 Å². The van der Waals surface area contributed by atoms with Crippen LogP contribution < -0.4 is 11.2 Å². The molecule has 0 aliphatic carbocycles. The van der Waals surface area contributed by atoms with Crippen LogP contribution in [0.2, 0.25) is 0 Å². The van der Waals surface area contributed by atoms with Gasteiger partial charge < -0.3 is 5.73 Å². The maximum atomic E-state index is 11.8. The summed E-state index contributed by atoms with van der Waals surface area (Å²) in [6.45, 7) is 0. The highest BCUT2D eigenvalue weighted by molar-refractivity contribution is 5.94. The summed E-state index contributed by atoms with van der Waals surface area (Å²) in [5.74, 6) is 0. The molecular formula is C18H14N4O4. The van der Waals surface area contributed by atoms with Gasteiger partial charge in [-0.25, -0.2) is 10.1 Å². The molecule has 0 heterocycles. The summed E-state index contributed by atoms with van der Waals surface area (Å²) in [5, 5.41) is 21.8. The van der Waals surface area contributed by atoms with Gasteiger partial charge >= 0.3 is 5.69 Å². The lowest BCUT2D eigenvalue weighted by atomic mass is 9.92. The molecule has 0 saturated carbocycles. The fourth-order valence-electron chi connectivity index (χ4n) is 2.77. The van der Waals surface area contributed by atoms with E-state index in [1.54, 1.807) is 60.7 Å². The van der Waals surface area contributed by atoms with Crippen molar-refractivity contribution in [1.29, 1.82) is 0 Å². The average molecular weight is 350 g/mol. The van der Waals surface area contributed by atoms with Gasteiger partial charge in [0.05, 0.1) is 10.5 Å². The van der Waals surface area contributed by atoms with Crippen LogP contribution in [0, 0.1) is 20.2 Å². The van der Waals surface area contributed by atoms with E-state index in [0.29, 0.717) is 27.9 Å². The van der Waals surface area contributed by atoms with Gasteiger partial charge in [-0.1, -0.05) is 48.5 Å². The maximum absolute atomic E-state index is 11.8. The van der Waals surface area contributed by atoms with Crippen molar-refractivity contribution in [2.45, 2.75) is 0 Å². The van der Waals surface area contributed by atoms with Crippen molar-refractivity contribution in [3.63, 3.8) is 0 Å². The SMILES string of the molecule is Nc1ccc(-c2ccc(N[N+](=O)[O-])c([N+](=O)[O-])c2-c2ccccc2)cc1. The van der Waals surface area contributed by atoms with Gasteiger partial charge in [-0.3, -0.25) is 10.1 Å². The summed E-state index contributed by atoms with van der Waals surface area (Å²) >= 11 is 0. The third kappa shape index (κ3) is 3.29. The Labute approximate surface area is 148 Å². The molecule has 3 aromatic carbocycles. The number of rotatable bonds is 5. The van der Waals surface area contributed by atoms with Crippen LogP contribution in [0.1, 0.15) is 0 Å². The van der Waals surface area contributed by atoms with E-state index in [1.807, 2.05) is 5.43 Å². The second kappa shape index (κ2) is 6.89. The van der Waals surface area contributed by atoms with Crippen LogP contribution in [0.4, 0.5) is 17.1 Å². The fraction of sp³-hybridized carbons (Fsp3) is 0. The number of nitrogens with zero attached hydrogens (tertiary/aromatic N) is 2. The summed E-state index contributed by atoms with van der Waals surface area (Å²) < 4.78 is 0. The van der Waals surface area contributed by atoms with Crippen molar-refractivity contribution in [2.24, 2.45) is 0 Å². The molecule has 0 aromatic heterocycles. The van der Waals surface area contributed by atoms with Gasteiger partial charge in [0.25, 0.3) is 0 Å². The third-order valence-electron chi connectivity index (χ3n) is 3.86. The summed E-state index contributed by atoms with van der Waals surface area (Å²) in [4.78, 5) is 22.0. The smallest absolute Gasteiger partial charge is 0.306 e. The van der Waals surface area contributed by atoms with Crippen molar-refractivity contribution >= 4 is 17.1 Å². The number of hydrogen-bond acceptors (Lipinski definition) is 5. The number of nitro groups is 2. The van der Waals surface area contributed by atoms with Crippen molar-refractivity contribution in [2.75, 3.05) is 11.2 Å². The minimum Gasteiger partial charge on any atom is -0.399 e. The molecule has 26 heavy (non-hydrogen) atoms. The van der Waals surface area contributed by atoms with Gasteiger partial charge in [-0.15, -0.1) is 5.43 Å². The molecule has 0 bridgehead atoms. The van der Waals surface area contributed by atoms with Crippen LogP contribution in [0.5, 0.6) is 0 Å². The van der Waals surface area contributed by atoms with Gasteiger partial charge in [0.15, 0.2) is 10.7 Å². The van der Waals surface area contributed by atoms with E-state index in [2.05, 4.69) is 0 Å². The molecule has 0 aliphatic rings. The Balaban J connectivity index is 2.34. The minimum absolute atomic E-state index is 0.182. The molecule has 3 N–H and O–H groups in total. The van der Waals surface area contributed by atoms with Crippen LogP contribution in [0.15, 0.2) is 66.7 Å². The average Bonchev–Trinajstić information content (AvgIpc) is 2.62. The number of nitrogens with two attached hydrogens (primary N) is 1. The van der Waals surface area contributed by atoms with Gasteiger partial charge in [-0.05, 0) is 34.9 Å². The molecule has 0 aliphatic heterocycles. The number of anilines is 2. The number of nitrogen functional groups attached to an aromatic ring is 1. The van der Waals surface area contributed by atoms with Gasteiger partial charge in [-0.2, -0.15) is 0 Å². The maximum Gasteiger partial charge on any atom is 0.306 e. The number of benzene rings is 3. The standard InChI is InChI=1S/C18H14N4O4/c19-14-8-6-12(7-9-14)15-10-11-16(20-22(25)26)18(21(23)24)17(15)13-4-2-1-3-5-13/h1-11,20H,19H2. The quantitative estimate of drug-likeness (QED) is 0.405. The Morgan fingerprint density at radius 1 is 0.808 bits per heavy atom. The molecule has 3 rings (SSSR count). The van der Waals surface area contributed by atoms with E-state index in [-0.39, 0.29) is 11.4 Å². The molecule has 0 spiro atoms. The molecule has 0 atom stereocenters. The fourth-order valence-corrected chi connectivity index (χ4v) is 2.77. The third-order valence-corrected chi connectivity index (χ3v) is 3.86. The normalized spacial score (nSPS) is 10.3. The van der Waals surface area contributed by atoms with E-state index in [9.17, 15) is 20.2 Å². The zero-order valence-electron chi connectivity index (χ0n) is 13.5. The summed E-state index contributed by atoms with van der Waals surface area (Å²) in [7, 11) is 0. The van der Waals surface area contributed by atoms with E-state index in [0.717, 1.165) is 0 Å². The number of nitrogens with one attached hydrogen (secondary N) is 1. The Bertz CT molecular complexity index is 972. The number of hydrazine groups is 1. The first-order valence-corrected chi connectivity index (χ1v) is 7.61. The highest BCUT2D eigenvalue weighted by Gasteiger charge is 2.27. The first-order chi connectivity index (χ1) is 12.5. The van der Waals surface area contributed by atoms with Gasteiger partial charge in [0, 0.05) is 5.69 Å². The molecule has 130 valence electrons. The lowest BCUT2D eigenvalue weighted by molar-refractivity contribution is -0.447. The van der Waals surface area contributed by atoms with Crippen LogP contribution in [-0.2, 0) is 0 Å². The van der Waals surface area contributed by atoms with E-state index in [4.69, 9.17) is 5.73 Å². The van der Waals surface area contributed by atoms with Crippen LogP contribution in [0.3, 0.4) is 0 Å². The monoisotopic (exact) mass is 350 g/mol. The highest BCUT2D eigenvalue weighted by Crippen LogP contribution is 2.43. The minimum atomic E-state index is -0.819. The zero-order chi connectivity index (χ0) is 18.7. The largest absolute Gasteiger partial charge is 0.399 e. The van der Waals surface area contributed by atoms with Crippen LogP contribution >= 0.6 is 0 Å². The number of hydrogen-bond donors (Lipinski definition) is 2. The molecule has 8 heteroatoms. The lowest BCUT2D eigenvalue weighted by Crippen LogP contribution is -2.10. The second-order valence-corrected chi connectivity index (χ2v) is 5.50. The predicted octanol–water partition coefficient (Wildman–Crippen LogP) is 4.11. The molecular weight excluding hydrogens is 336 g/mol. The van der Waals surface area contributed by atoms with Gasteiger partial charge in [0.1, 0.15) is 0 Å². The highest BCUT2D eigenvalue weighted by atomic mass is 16.7. The molecule has 3 aromatic rings. The predicted molar refractivity (Wildman–Crippen MR) is 99.0 cm³/mol. The van der Waals surface area contributed by atoms with Crippen molar-refractivity contribution in [1.82, 2.24) is 0 Å². The molecule has 0 amide bonds. The molecule has 0 unspecified atom stereocenters. The Morgan fingerprint density at radius 2 is 1.46 bits per heavy atom. The van der Waals surface area contributed by atoms with Crippen molar-refractivity contribution < 1.29 is 9.96 Å².